The second-order valence-electron chi connectivity index (χ2n) is 5.12. The Labute approximate surface area is 111 Å². The molecule has 0 aromatic heterocycles. The van der Waals surface area contributed by atoms with Crippen LogP contribution in [0.4, 0.5) is 0 Å². The first-order valence-electron chi connectivity index (χ1n) is 6.65. The van der Waals surface area contributed by atoms with E-state index in [9.17, 15) is 10.2 Å². The fourth-order valence-electron chi connectivity index (χ4n) is 2.54. The monoisotopic (exact) mass is 278 g/mol. The normalized spacial score (nSPS) is 44.2. The van der Waals surface area contributed by atoms with Crippen LogP contribution in [0.25, 0.3) is 0 Å². The van der Waals surface area contributed by atoms with Gasteiger partial charge in [0, 0.05) is 25.7 Å². The summed E-state index contributed by atoms with van der Waals surface area (Å²) in [5, 5.41) is 37.3. The van der Waals surface area contributed by atoms with Crippen LogP contribution in [0.3, 0.4) is 0 Å². The number of aliphatic hydroxyl groups excluding tert-OH is 4. The summed E-state index contributed by atoms with van der Waals surface area (Å²) in [4.78, 5) is 0. The maximum absolute atomic E-state index is 9.68. The van der Waals surface area contributed by atoms with Crippen LogP contribution in [0.2, 0.25) is 0 Å². The topological polar surface area (TPSA) is 109 Å². The number of hydrogen-bond acceptors (Lipinski definition) is 7. The van der Waals surface area contributed by atoms with E-state index < -0.39 is 30.9 Å². The minimum atomic E-state index is -0.960. The third-order valence-electron chi connectivity index (χ3n) is 3.44. The molecule has 4 N–H and O–H groups in total. The molecule has 7 nitrogen and oxygen atoms in total. The molecule has 2 saturated heterocycles. The summed E-state index contributed by atoms with van der Waals surface area (Å²) in [5.74, 6) is 0. The van der Waals surface area contributed by atoms with Crippen molar-refractivity contribution in [2.45, 2.75) is 62.7 Å². The average Bonchev–Trinajstić information content (AvgIpc) is 2.37. The zero-order valence-electron chi connectivity index (χ0n) is 10.7. The molecule has 2 fully saturated rings. The molecular weight excluding hydrogens is 256 g/mol. The lowest BCUT2D eigenvalue weighted by Gasteiger charge is -2.37. The van der Waals surface area contributed by atoms with Gasteiger partial charge in [-0.1, -0.05) is 0 Å². The van der Waals surface area contributed by atoms with Crippen molar-refractivity contribution in [3.05, 3.63) is 0 Å². The van der Waals surface area contributed by atoms with E-state index in [1.165, 1.54) is 0 Å². The molecule has 2 rings (SSSR count). The van der Waals surface area contributed by atoms with Gasteiger partial charge in [-0.25, -0.2) is 0 Å². The standard InChI is InChI=1S/C12H22O7/c13-5-9-1-7(15)2-12(19-9)18-8-3-10(6-14)17-11(16)4-8/h7-16H,1-6H2/t7-,8-,9-,10-,11+,12+/m0/s1. The predicted molar refractivity (Wildman–Crippen MR) is 63.1 cm³/mol. The summed E-state index contributed by atoms with van der Waals surface area (Å²) in [6, 6.07) is 0. The van der Waals surface area contributed by atoms with Crippen molar-refractivity contribution < 1.29 is 34.6 Å². The zero-order chi connectivity index (χ0) is 13.8. The molecule has 2 aliphatic heterocycles. The summed E-state index contributed by atoms with van der Waals surface area (Å²) in [6.45, 7) is -0.336. The molecule has 2 heterocycles. The molecule has 0 aromatic rings. The molecule has 0 bridgehead atoms. The molecule has 0 radical (unpaired) electrons. The van der Waals surface area contributed by atoms with Crippen molar-refractivity contribution >= 4 is 0 Å². The fraction of sp³-hybridized carbons (Fsp3) is 1.00. The van der Waals surface area contributed by atoms with Gasteiger partial charge in [0.25, 0.3) is 0 Å². The molecule has 0 unspecified atom stereocenters. The van der Waals surface area contributed by atoms with Crippen LogP contribution < -0.4 is 0 Å². The van der Waals surface area contributed by atoms with Gasteiger partial charge in [0.05, 0.1) is 37.6 Å². The van der Waals surface area contributed by atoms with Crippen molar-refractivity contribution in [1.82, 2.24) is 0 Å². The fourth-order valence-corrected chi connectivity index (χ4v) is 2.54. The Morgan fingerprint density at radius 2 is 1.58 bits per heavy atom. The van der Waals surface area contributed by atoms with E-state index in [0.717, 1.165) is 0 Å². The molecule has 2 aliphatic rings. The minimum absolute atomic E-state index is 0.160. The van der Waals surface area contributed by atoms with Crippen molar-refractivity contribution in [2.24, 2.45) is 0 Å². The van der Waals surface area contributed by atoms with Crippen LogP contribution in [-0.2, 0) is 14.2 Å². The van der Waals surface area contributed by atoms with Crippen molar-refractivity contribution in [2.75, 3.05) is 13.2 Å². The third kappa shape index (κ3) is 4.35. The molecule has 7 heteroatoms. The lowest BCUT2D eigenvalue weighted by molar-refractivity contribution is -0.271. The van der Waals surface area contributed by atoms with Crippen LogP contribution in [0.5, 0.6) is 0 Å². The molecule has 0 amide bonds. The SMILES string of the molecule is OC[C@@H]1C[C@H](O)C[C@H](O[C@H]2C[C@@H](CO)O[C@@H](O)C2)O1. The van der Waals surface area contributed by atoms with Crippen LogP contribution in [0, 0.1) is 0 Å². The third-order valence-corrected chi connectivity index (χ3v) is 3.44. The second kappa shape index (κ2) is 6.94. The molecule has 0 spiro atoms. The van der Waals surface area contributed by atoms with Gasteiger partial charge in [-0.15, -0.1) is 0 Å². The van der Waals surface area contributed by atoms with Gasteiger partial charge >= 0.3 is 0 Å². The van der Waals surface area contributed by atoms with E-state index in [0.29, 0.717) is 25.7 Å². The molecule has 0 aliphatic carbocycles. The first kappa shape index (κ1) is 15.1. The highest BCUT2D eigenvalue weighted by Crippen LogP contribution is 2.26. The predicted octanol–water partition coefficient (Wildman–Crippen LogP) is -1.28. The Morgan fingerprint density at radius 3 is 2.26 bits per heavy atom. The molecule has 112 valence electrons. The van der Waals surface area contributed by atoms with Gasteiger partial charge in [0.2, 0.25) is 0 Å². The van der Waals surface area contributed by atoms with Gasteiger partial charge in [0.15, 0.2) is 12.6 Å². The van der Waals surface area contributed by atoms with Crippen LogP contribution in [-0.4, -0.2) is 70.6 Å². The molecule has 6 atom stereocenters. The van der Waals surface area contributed by atoms with Gasteiger partial charge in [-0.05, 0) is 0 Å². The summed E-state index contributed by atoms with van der Waals surface area (Å²) in [7, 11) is 0. The van der Waals surface area contributed by atoms with Gasteiger partial charge < -0.3 is 34.6 Å². The lowest BCUT2D eigenvalue weighted by Crippen LogP contribution is -2.44. The van der Waals surface area contributed by atoms with E-state index in [4.69, 9.17) is 24.4 Å². The van der Waals surface area contributed by atoms with E-state index in [2.05, 4.69) is 0 Å². The Kier molecular flexibility index (Phi) is 5.52. The summed E-state index contributed by atoms with van der Waals surface area (Å²) >= 11 is 0. The molecular formula is C12H22O7. The Hall–Kier alpha value is -0.280. The number of ether oxygens (including phenoxy) is 3. The van der Waals surface area contributed by atoms with Gasteiger partial charge in [-0.3, -0.25) is 0 Å². The summed E-state index contributed by atoms with van der Waals surface area (Å²) in [5.41, 5.74) is 0. The highest BCUT2D eigenvalue weighted by molar-refractivity contribution is 4.77. The Bertz CT molecular complexity index is 249. The molecule has 0 aromatic carbocycles. The maximum atomic E-state index is 9.68. The molecule has 0 saturated carbocycles. The van der Waals surface area contributed by atoms with E-state index in [-0.39, 0.29) is 19.3 Å². The highest BCUT2D eigenvalue weighted by Gasteiger charge is 2.34. The quantitative estimate of drug-likeness (QED) is 0.507. The van der Waals surface area contributed by atoms with E-state index >= 15 is 0 Å². The van der Waals surface area contributed by atoms with Crippen molar-refractivity contribution in [1.29, 1.82) is 0 Å². The number of hydrogen-bond donors (Lipinski definition) is 4. The lowest BCUT2D eigenvalue weighted by atomic mass is 10.0. The van der Waals surface area contributed by atoms with E-state index in [1.807, 2.05) is 0 Å². The largest absolute Gasteiger partial charge is 0.394 e. The van der Waals surface area contributed by atoms with E-state index in [1.54, 1.807) is 0 Å². The molecule has 19 heavy (non-hydrogen) atoms. The van der Waals surface area contributed by atoms with Crippen LogP contribution >= 0.6 is 0 Å². The zero-order valence-corrected chi connectivity index (χ0v) is 10.7. The second-order valence-corrected chi connectivity index (χ2v) is 5.12. The maximum Gasteiger partial charge on any atom is 0.160 e. The van der Waals surface area contributed by atoms with Gasteiger partial charge in [0.1, 0.15) is 0 Å². The Morgan fingerprint density at radius 1 is 0.895 bits per heavy atom. The summed E-state index contributed by atoms with van der Waals surface area (Å²) < 4.78 is 16.3. The number of rotatable bonds is 4. The van der Waals surface area contributed by atoms with Crippen molar-refractivity contribution in [3.8, 4) is 0 Å². The van der Waals surface area contributed by atoms with Crippen molar-refractivity contribution in [3.63, 3.8) is 0 Å². The highest BCUT2D eigenvalue weighted by atomic mass is 16.7. The Balaban J connectivity index is 1.85. The first-order valence-corrected chi connectivity index (χ1v) is 6.65. The van der Waals surface area contributed by atoms with Crippen LogP contribution in [0.15, 0.2) is 0 Å². The van der Waals surface area contributed by atoms with Gasteiger partial charge in [-0.2, -0.15) is 0 Å². The number of aliphatic hydroxyl groups is 4. The smallest absolute Gasteiger partial charge is 0.160 e. The first-order chi connectivity index (χ1) is 9.10. The van der Waals surface area contributed by atoms with Crippen LogP contribution in [0.1, 0.15) is 25.7 Å². The average molecular weight is 278 g/mol. The summed E-state index contributed by atoms with van der Waals surface area (Å²) in [6.07, 6.45) is -1.79. The minimum Gasteiger partial charge on any atom is -0.394 e.